The van der Waals surface area contributed by atoms with Gasteiger partial charge in [0, 0.05) is 33.6 Å². The normalized spacial score (nSPS) is 26.8. The third-order valence-corrected chi connectivity index (χ3v) is 22.3. The van der Waals surface area contributed by atoms with Crippen LogP contribution in [0.4, 0.5) is 22.7 Å². The number of para-hydroxylation sites is 2. The van der Waals surface area contributed by atoms with Gasteiger partial charge in [-0.05, 0) is 241 Å². The highest BCUT2D eigenvalue weighted by molar-refractivity contribution is 6.27. The second-order valence-corrected chi connectivity index (χ2v) is 26.2. The quantitative estimate of drug-likeness (QED) is 0.162. The van der Waals surface area contributed by atoms with Crippen LogP contribution in [0.2, 0.25) is 0 Å². The Morgan fingerprint density at radius 2 is 0.835 bits per heavy atom. The number of rotatable bonds is 4. The van der Waals surface area contributed by atoms with Gasteiger partial charge < -0.3 is 9.80 Å². The number of fused-ring (bicyclic) bond motifs is 17. The van der Waals surface area contributed by atoms with Gasteiger partial charge in [-0.3, -0.25) is 0 Å². The molecular weight excluding hydrogens is 953 g/mol. The van der Waals surface area contributed by atoms with Crippen molar-refractivity contribution in [1.29, 1.82) is 0 Å². The molecule has 2 saturated carbocycles. The molecule has 0 bridgehead atoms. The second kappa shape index (κ2) is 15.7. The molecule has 2 fully saturated rings. The van der Waals surface area contributed by atoms with E-state index in [2.05, 4.69) is 258 Å². The smallest absolute Gasteiger partial charge is 0.0726 e. The van der Waals surface area contributed by atoms with Crippen LogP contribution in [0.25, 0.3) is 76.8 Å². The minimum atomic E-state index is -0.567. The number of benzene rings is 11. The van der Waals surface area contributed by atoms with Crippen molar-refractivity contribution in [3.8, 4) is 44.5 Å². The van der Waals surface area contributed by atoms with Crippen molar-refractivity contribution in [2.75, 3.05) is 9.80 Å². The molecule has 2 heteroatoms. The van der Waals surface area contributed by atoms with Gasteiger partial charge in [0.25, 0.3) is 0 Å². The van der Waals surface area contributed by atoms with E-state index in [9.17, 15) is 0 Å². The molecule has 1 spiro atoms. The topological polar surface area (TPSA) is 6.48 Å². The van der Waals surface area contributed by atoms with E-state index in [0.717, 1.165) is 0 Å². The molecule has 2 heterocycles. The largest absolute Gasteiger partial charge is 0.334 e. The Morgan fingerprint density at radius 3 is 1.38 bits per heavy atom. The van der Waals surface area contributed by atoms with E-state index in [-0.39, 0.29) is 21.9 Å². The summed E-state index contributed by atoms with van der Waals surface area (Å²) in [5.74, 6) is 1.33. The second-order valence-electron chi connectivity index (χ2n) is 26.2. The Labute approximate surface area is 465 Å². The lowest BCUT2D eigenvalue weighted by Gasteiger charge is -2.52. The first-order valence-corrected chi connectivity index (χ1v) is 29.5. The summed E-state index contributed by atoms with van der Waals surface area (Å²) in [6.07, 6.45) is 7.19. The third kappa shape index (κ3) is 5.68. The average Bonchev–Trinajstić information content (AvgIpc) is 3.69. The van der Waals surface area contributed by atoms with Crippen molar-refractivity contribution in [3.05, 3.63) is 240 Å². The summed E-state index contributed by atoms with van der Waals surface area (Å²) < 4.78 is 0. The van der Waals surface area contributed by atoms with Gasteiger partial charge in [0.2, 0.25) is 0 Å². The van der Waals surface area contributed by atoms with Crippen LogP contribution in [0, 0.1) is 11.8 Å². The molecule has 2 aliphatic heterocycles. The molecule has 6 atom stereocenters. The van der Waals surface area contributed by atoms with Crippen LogP contribution in [0.1, 0.15) is 113 Å². The fourth-order valence-corrected chi connectivity index (χ4v) is 18.2. The molecule has 4 aliphatic carbocycles. The highest BCUT2D eigenvalue weighted by Gasteiger charge is 2.61. The Kier molecular flexibility index (Phi) is 9.12. The fourth-order valence-electron chi connectivity index (χ4n) is 18.2. The van der Waals surface area contributed by atoms with E-state index in [1.807, 2.05) is 0 Å². The van der Waals surface area contributed by atoms with E-state index in [1.165, 1.54) is 171 Å². The maximum absolute atomic E-state index is 2.71. The fraction of sp³-hybridized carbons (Fsp3) is 0.247. The predicted molar refractivity (Wildman–Crippen MR) is 332 cm³/mol. The van der Waals surface area contributed by atoms with Crippen LogP contribution in [-0.2, 0) is 16.2 Å². The summed E-state index contributed by atoms with van der Waals surface area (Å²) in [5.41, 5.74) is 23.8. The van der Waals surface area contributed by atoms with Crippen molar-refractivity contribution in [1.82, 2.24) is 0 Å². The molecule has 0 amide bonds. The van der Waals surface area contributed by atoms with Gasteiger partial charge in [0.15, 0.2) is 0 Å². The lowest BCUT2D eigenvalue weighted by atomic mass is 9.59. The maximum Gasteiger partial charge on any atom is 0.0726 e. The molecule has 17 rings (SSSR count). The standard InChI is InChI=1S/C77H66N2/c1-47-36-38-73(3)65-42-53(29-34-68(65)78(75(73,5)45-47)56-18-9-7-10-19-56)51-27-31-58-59-32-28-52(54-30-35-69-66(43-54)74(4)39-37-48(2)46-76(74,6)79(69)57-20-11-8-12-21-57)41-64(59)77(63(58)40-51)62-23-14-13-22-60(62)72-61-33-26-50-17-15-16-49-24-25-55(44-67(72)77)71(61)70(49)50/h7-35,40-44,47-48H,36-39,45-46H2,1-6H3. The van der Waals surface area contributed by atoms with Crippen LogP contribution < -0.4 is 9.80 Å². The Bertz CT molecular complexity index is 4200. The number of hydrogen-bond acceptors (Lipinski definition) is 2. The molecule has 6 aliphatic rings. The molecule has 384 valence electrons. The first kappa shape index (κ1) is 46.0. The van der Waals surface area contributed by atoms with Gasteiger partial charge in [-0.25, -0.2) is 0 Å². The Balaban J connectivity index is 0.897. The van der Waals surface area contributed by atoms with Gasteiger partial charge in [-0.2, -0.15) is 0 Å². The lowest BCUT2D eigenvalue weighted by molar-refractivity contribution is 0.154. The molecule has 79 heavy (non-hydrogen) atoms. The van der Waals surface area contributed by atoms with Gasteiger partial charge in [-0.15, -0.1) is 0 Å². The predicted octanol–water partition coefficient (Wildman–Crippen LogP) is 20.2. The monoisotopic (exact) mass is 1020 g/mol. The Morgan fingerprint density at radius 1 is 0.367 bits per heavy atom. The molecule has 0 radical (unpaired) electrons. The van der Waals surface area contributed by atoms with Crippen LogP contribution in [0.3, 0.4) is 0 Å². The van der Waals surface area contributed by atoms with Crippen molar-refractivity contribution in [2.45, 2.75) is 107 Å². The van der Waals surface area contributed by atoms with Crippen LogP contribution >= 0.6 is 0 Å². The Hall–Kier alpha value is -7.94. The summed E-state index contributed by atoms with van der Waals surface area (Å²) in [7, 11) is 0. The first-order chi connectivity index (χ1) is 38.4. The van der Waals surface area contributed by atoms with Crippen molar-refractivity contribution in [2.24, 2.45) is 11.8 Å². The minimum absolute atomic E-state index is 0.00253. The number of hydrogen-bond donors (Lipinski definition) is 0. The van der Waals surface area contributed by atoms with Crippen molar-refractivity contribution in [3.63, 3.8) is 0 Å². The SMILES string of the molecule is CC1CCC2(C)c3cc(-c4ccc5c(c4)C4(c6cc(-c7ccc8c(c7)C7(C)CCC(C)CC7(C)N8c7ccccc7)ccc6-5)c5ccccc5-c5c4cc4ccc6cccc7ccc5c4c67)ccc3N(c3ccccc3)C2(C)C1. The number of nitrogens with zero attached hydrogens (tertiary/aromatic N) is 2. The summed E-state index contributed by atoms with van der Waals surface area (Å²) >= 11 is 0. The van der Waals surface area contributed by atoms with Gasteiger partial charge in [-0.1, -0.05) is 167 Å². The summed E-state index contributed by atoms with van der Waals surface area (Å²) in [6, 6.07) is 81.0. The van der Waals surface area contributed by atoms with Crippen LogP contribution in [-0.4, -0.2) is 11.1 Å². The minimum Gasteiger partial charge on any atom is -0.334 e. The molecule has 2 nitrogen and oxygen atoms in total. The van der Waals surface area contributed by atoms with E-state index >= 15 is 0 Å². The zero-order chi connectivity index (χ0) is 53.0. The summed E-state index contributed by atoms with van der Waals surface area (Å²) in [4.78, 5) is 5.43. The van der Waals surface area contributed by atoms with E-state index in [4.69, 9.17) is 0 Å². The van der Waals surface area contributed by atoms with Crippen LogP contribution in [0.5, 0.6) is 0 Å². The summed E-state index contributed by atoms with van der Waals surface area (Å²) in [6.45, 7) is 15.2. The highest BCUT2D eigenvalue weighted by Crippen LogP contribution is 2.67. The van der Waals surface area contributed by atoms with Gasteiger partial charge in [0.1, 0.15) is 0 Å². The summed E-state index contributed by atoms with van der Waals surface area (Å²) in [5, 5.41) is 8.02. The van der Waals surface area contributed by atoms with Gasteiger partial charge >= 0.3 is 0 Å². The van der Waals surface area contributed by atoms with Crippen molar-refractivity contribution < 1.29 is 0 Å². The number of anilines is 4. The zero-order valence-electron chi connectivity index (χ0n) is 46.4. The molecule has 0 aromatic heterocycles. The third-order valence-electron chi connectivity index (χ3n) is 22.3. The lowest BCUT2D eigenvalue weighted by Crippen LogP contribution is -2.56. The van der Waals surface area contributed by atoms with E-state index in [1.54, 1.807) is 0 Å². The molecule has 0 N–H and O–H groups in total. The molecule has 11 aromatic rings. The van der Waals surface area contributed by atoms with E-state index < -0.39 is 5.41 Å². The molecule has 11 aromatic carbocycles. The zero-order valence-corrected chi connectivity index (χ0v) is 46.4. The van der Waals surface area contributed by atoms with Gasteiger partial charge in [0.05, 0.1) is 16.5 Å². The average molecular weight is 1020 g/mol. The highest BCUT2D eigenvalue weighted by atomic mass is 15.3. The maximum atomic E-state index is 2.71. The molecular formula is C77H66N2. The van der Waals surface area contributed by atoms with E-state index in [0.29, 0.717) is 11.8 Å². The molecule has 0 saturated heterocycles. The van der Waals surface area contributed by atoms with Crippen LogP contribution in [0.15, 0.2) is 206 Å². The first-order valence-electron chi connectivity index (χ1n) is 29.5. The molecule has 6 unspecified atom stereocenters. The van der Waals surface area contributed by atoms with Crippen molar-refractivity contribution >= 4 is 55.1 Å².